The van der Waals surface area contributed by atoms with Crippen molar-refractivity contribution in [3.8, 4) is 0 Å². The maximum Gasteiger partial charge on any atom is 0.310 e. The zero-order valence-electron chi connectivity index (χ0n) is 8.84. The van der Waals surface area contributed by atoms with Crippen LogP contribution in [0, 0.1) is 3.57 Å². The zero-order chi connectivity index (χ0) is 13.0. The van der Waals surface area contributed by atoms with Crippen molar-refractivity contribution in [2.24, 2.45) is 0 Å². The second kappa shape index (κ2) is 6.58. The summed E-state index contributed by atoms with van der Waals surface area (Å²) in [6.45, 7) is 0. The zero-order valence-corrected chi connectivity index (χ0v) is 12.6. The lowest BCUT2D eigenvalue weighted by atomic mass is 10.1. The van der Waals surface area contributed by atoms with Crippen molar-refractivity contribution in [2.45, 2.75) is 18.2 Å². The first kappa shape index (κ1) is 14.7. The van der Waals surface area contributed by atoms with Crippen molar-refractivity contribution >= 4 is 44.5 Å². The fraction of sp³-hybridized carbons (Fsp3) is 0.400. The van der Waals surface area contributed by atoms with E-state index in [9.17, 15) is 13.6 Å². The number of methoxy groups -OCH3 is 1. The SMILES string of the molecule is COC(=O)Cc1cnc(C(F)F)c(CBr)c1I. The number of hydrogen-bond donors (Lipinski definition) is 0. The Morgan fingerprint density at radius 1 is 1.65 bits per heavy atom. The number of carbonyl (C=O) groups is 1. The number of ether oxygens (including phenoxy) is 1. The first-order chi connectivity index (χ1) is 8.01. The van der Waals surface area contributed by atoms with Gasteiger partial charge in [-0.15, -0.1) is 0 Å². The molecule has 0 fully saturated rings. The number of aromatic nitrogens is 1. The average Bonchev–Trinajstić information content (AvgIpc) is 2.30. The number of pyridine rings is 1. The van der Waals surface area contributed by atoms with Crippen LogP contribution in [-0.4, -0.2) is 18.1 Å². The Morgan fingerprint density at radius 3 is 2.76 bits per heavy atom. The van der Waals surface area contributed by atoms with Crippen LogP contribution >= 0.6 is 38.5 Å². The van der Waals surface area contributed by atoms with Gasteiger partial charge in [0.25, 0.3) is 6.43 Å². The van der Waals surface area contributed by atoms with E-state index in [0.717, 1.165) is 0 Å². The molecule has 3 nitrogen and oxygen atoms in total. The molecule has 0 aliphatic heterocycles. The van der Waals surface area contributed by atoms with Crippen LogP contribution in [0.5, 0.6) is 0 Å². The topological polar surface area (TPSA) is 39.2 Å². The summed E-state index contributed by atoms with van der Waals surface area (Å²) in [5.41, 5.74) is 0.762. The number of rotatable bonds is 4. The predicted octanol–water partition coefficient (Wildman–Crippen LogP) is 3.23. The first-order valence-corrected chi connectivity index (χ1v) is 6.78. The minimum atomic E-state index is -2.62. The fourth-order valence-electron chi connectivity index (χ4n) is 1.25. The van der Waals surface area contributed by atoms with Gasteiger partial charge in [-0.25, -0.2) is 8.78 Å². The van der Waals surface area contributed by atoms with Crippen molar-refractivity contribution in [2.75, 3.05) is 7.11 Å². The molecule has 0 aromatic carbocycles. The highest BCUT2D eigenvalue weighted by Gasteiger charge is 2.19. The molecule has 0 saturated heterocycles. The summed E-state index contributed by atoms with van der Waals surface area (Å²) >= 11 is 5.09. The molecule has 1 aromatic rings. The van der Waals surface area contributed by atoms with Gasteiger partial charge in [-0.2, -0.15) is 0 Å². The van der Waals surface area contributed by atoms with Crippen LogP contribution in [0.4, 0.5) is 8.78 Å². The normalized spacial score (nSPS) is 10.7. The molecule has 0 unspecified atom stereocenters. The fourth-order valence-corrected chi connectivity index (χ4v) is 3.14. The number of esters is 1. The number of nitrogens with zero attached hydrogens (tertiary/aromatic N) is 1. The van der Waals surface area contributed by atoms with Crippen molar-refractivity contribution in [3.05, 3.63) is 26.6 Å². The Morgan fingerprint density at radius 2 is 2.29 bits per heavy atom. The summed E-state index contributed by atoms with van der Waals surface area (Å²) in [6, 6.07) is 0. The van der Waals surface area contributed by atoms with Crippen molar-refractivity contribution in [1.29, 1.82) is 0 Å². The van der Waals surface area contributed by atoms with E-state index in [-0.39, 0.29) is 17.4 Å². The molecule has 0 aliphatic rings. The number of halogens is 4. The van der Waals surface area contributed by atoms with Crippen molar-refractivity contribution < 1.29 is 18.3 Å². The lowest BCUT2D eigenvalue weighted by Crippen LogP contribution is -2.09. The van der Waals surface area contributed by atoms with Crippen LogP contribution in [0.15, 0.2) is 6.20 Å². The molecule has 0 aliphatic carbocycles. The molecular formula is C10H9BrF2INO2. The molecule has 1 rings (SSSR count). The van der Waals surface area contributed by atoms with Crippen molar-refractivity contribution in [3.63, 3.8) is 0 Å². The summed E-state index contributed by atoms with van der Waals surface area (Å²) < 4.78 is 30.5. The molecule has 0 bridgehead atoms. The molecular weight excluding hydrogens is 411 g/mol. The van der Waals surface area contributed by atoms with E-state index in [2.05, 4.69) is 25.7 Å². The monoisotopic (exact) mass is 419 g/mol. The lowest BCUT2D eigenvalue weighted by Gasteiger charge is -2.11. The highest BCUT2D eigenvalue weighted by Crippen LogP contribution is 2.28. The van der Waals surface area contributed by atoms with Gasteiger partial charge < -0.3 is 4.74 Å². The maximum absolute atomic E-state index is 12.7. The molecule has 17 heavy (non-hydrogen) atoms. The van der Waals surface area contributed by atoms with Gasteiger partial charge in [0, 0.05) is 20.7 Å². The summed E-state index contributed by atoms with van der Waals surface area (Å²) in [6.07, 6.45) is -1.29. The minimum Gasteiger partial charge on any atom is -0.469 e. The number of alkyl halides is 3. The van der Waals surface area contributed by atoms with Crippen LogP contribution < -0.4 is 0 Å². The van der Waals surface area contributed by atoms with Gasteiger partial charge in [-0.1, -0.05) is 15.9 Å². The number of hydrogen-bond acceptors (Lipinski definition) is 3. The van der Waals surface area contributed by atoms with Crippen LogP contribution in [-0.2, 0) is 21.3 Å². The van der Waals surface area contributed by atoms with Crippen LogP contribution in [0.1, 0.15) is 23.2 Å². The Bertz CT molecular complexity index is 429. The molecule has 0 spiro atoms. The van der Waals surface area contributed by atoms with E-state index in [1.807, 2.05) is 22.6 Å². The summed E-state index contributed by atoms with van der Waals surface area (Å²) in [4.78, 5) is 14.8. The largest absolute Gasteiger partial charge is 0.469 e. The van der Waals surface area contributed by atoms with Crippen molar-refractivity contribution in [1.82, 2.24) is 4.98 Å². The average molecular weight is 420 g/mol. The first-order valence-electron chi connectivity index (χ1n) is 4.58. The molecule has 1 aromatic heterocycles. The molecule has 0 radical (unpaired) electrons. The van der Waals surface area contributed by atoms with E-state index in [1.165, 1.54) is 13.3 Å². The van der Waals surface area contributed by atoms with Gasteiger partial charge in [0.2, 0.25) is 0 Å². The second-order valence-electron chi connectivity index (χ2n) is 3.15. The van der Waals surface area contributed by atoms with Gasteiger partial charge in [0.1, 0.15) is 5.69 Å². The predicted molar refractivity (Wildman–Crippen MR) is 70.3 cm³/mol. The van der Waals surface area contributed by atoms with E-state index < -0.39 is 12.4 Å². The van der Waals surface area contributed by atoms with Crippen LogP contribution in [0.25, 0.3) is 0 Å². The Kier molecular flexibility index (Phi) is 5.71. The molecule has 0 saturated carbocycles. The van der Waals surface area contributed by atoms with E-state index in [4.69, 9.17) is 0 Å². The molecule has 1 heterocycles. The lowest BCUT2D eigenvalue weighted by molar-refractivity contribution is -0.139. The quantitative estimate of drug-likeness (QED) is 0.427. The second-order valence-corrected chi connectivity index (χ2v) is 4.79. The number of carbonyl (C=O) groups excluding carboxylic acids is 1. The van der Waals surface area contributed by atoms with Gasteiger partial charge >= 0.3 is 5.97 Å². The van der Waals surface area contributed by atoms with Crippen LogP contribution in [0.2, 0.25) is 0 Å². The van der Waals surface area contributed by atoms with Crippen LogP contribution in [0.3, 0.4) is 0 Å². The third kappa shape index (κ3) is 3.57. The Balaban J connectivity index is 3.15. The maximum atomic E-state index is 12.7. The van der Waals surface area contributed by atoms with E-state index >= 15 is 0 Å². The highest BCUT2D eigenvalue weighted by atomic mass is 127. The Hall–Kier alpha value is -0.310. The van der Waals surface area contributed by atoms with Gasteiger partial charge in [-0.05, 0) is 28.2 Å². The van der Waals surface area contributed by atoms with E-state index in [1.54, 1.807) is 0 Å². The van der Waals surface area contributed by atoms with Gasteiger partial charge in [-0.3, -0.25) is 9.78 Å². The molecule has 94 valence electrons. The smallest absolute Gasteiger partial charge is 0.310 e. The standard InChI is InChI=1S/C10H9BrF2INO2/c1-17-7(16)2-5-4-15-9(10(12)13)6(3-11)8(5)14/h4,10H,2-3H2,1H3. The molecule has 0 N–H and O–H groups in total. The third-order valence-electron chi connectivity index (χ3n) is 2.12. The summed E-state index contributed by atoms with van der Waals surface area (Å²) in [7, 11) is 1.28. The molecule has 7 heteroatoms. The summed E-state index contributed by atoms with van der Waals surface area (Å²) in [5, 5.41) is 0.271. The summed E-state index contributed by atoms with van der Waals surface area (Å²) in [5.74, 6) is -0.421. The molecule has 0 atom stereocenters. The highest BCUT2D eigenvalue weighted by molar-refractivity contribution is 14.1. The third-order valence-corrected chi connectivity index (χ3v) is 4.02. The Labute approximate surface area is 119 Å². The van der Waals surface area contributed by atoms with E-state index in [0.29, 0.717) is 14.7 Å². The molecule has 0 amide bonds. The van der Waals surface area contributed by atoms with Gasteiger partial charge in [0.05, 0.1) is 13.5 Å². The minimum absolute atomic E-state index is 0.0330. The van der Waals surface area contributed by atoms with Gasteiger partial charge in [0.15, 0.2) is 0 Å².